The second-order valence-corrected chi connectivity index (χ2v) is 6.29. The fourth-order valence-corrected chi connectivity index (χ4v) is 3.44. The van der Waals surface area contributed by atoms with Crippen LogP contribution in [0.1, 0.15) is 30.0 Å². The normalized spacial score (nSPS) is 20.5. The number of amides is 2. The smallest absolute Gasteiger partial charge is 0.259 e. The summed E-state index contributed by atoms with van der Waals surface area (Å²) in [5, 5.41) is 13.1. The van der Waals surface area contributed by atoms with Crippen LogP contribution >= 0.6 is 0 Å². The molecule has 1 unspecified atom stereocenters. The first-order valence-electron chi connectivity index (χ1n) is 8.26. The summed E-state index contributed by atoms with van der Waals surface area (Å²) in [6.07, 6.45) is 3.30. The first kappa shape index (κ1) is 15.7. The van der Waals surface area contributed by atoms with Gasteiger partial charge < -0.3 is 5.32 Å². The van der Waals surface area contributed by atoms with Crippen molar-refractivity contribution in [2.75, 3.05) is 13.1 Å². The van der Waals surface area contributed by atoms with Crippen molar-refractivity contribution in [1.82, 2.24) is 20.8 Å². The van der Waals surface area contributed by atoms with E-state index in [0.717, 1.165) is 31.6 Å². The zero-order valence-corrected chi connectivity index (χ0v) is 13.4. The van der Waals surface area contributed by atoms with Gasteiger partial charge in [-0.2, -0.15) is 5.10 Å². The molecule has 2 aromatic rings. The van der Waals surface area contributed by atoms with E-state index in [0.29, 0.717) is 22.4 Å². The van der Waals surface area contributed by atoms with Gasteiger partial charge in [-0.05, 0) is 43.7 Å². The zero-order chi connectivity index (χ0) is 17.4. The Hall–Kier alpha value is -2.80. The van der Waals surface area contributed by atoms with Gasteiger partial charge in [-0.3, -0.25) is 20.0 Å². The number of benzene rings is 1. The van der Waals surface area contributed by atoms with Crippen LogP contribution in [0.2, 0.25) is 0 Å². The number of carbonyl (C=O) groups is 2. The maximum atomic E-state index is 13.3. The van der Waals surface area contributed by atoms with Gasteiger partial charge in [-0.25, -0.2) is 4.39 Å². The third-order valence-corrected chi connectivity index (χ3v) is 4.64. The average molecular weight is 340 g/mol. The Morgan fingerprint density at radius 2 is 1.96 bits per heavy atom. The summed E-state index contributed by atoms with van der Waals surface area (Å²) < 4.78 is 13.3. The highest BCUT2D eigenvalue weighted by Crippen LogP contribution is 2.36. The minimum absolute atomic E-state index is 0.176. The van der Waals surface area contributed by atoms with Gasteiger partial charge in [0.05, 0.1) is 5.57 Å². The minimum atomic E-state index is -0.432. The predicted octanol–water partition coefficient (Wildman–Crippen LogP) is 1.72. The van der Waals surface area contributed by atoms with Crippen molar-refractivity contribution in [2.45, 2.75) is 18.8 Å². The van der Waals surface area contributed by atoms with Gasteiger partial charge in [0.1, 0.15) is 11.5 Å². The van der Waals surface area contributed by atoms with Crippen molar-refractivity contribution in [3.63, 3.8) is 0 Å². The third-order valence-electron chi connectivity index (χ3n) is 4.64. The average Bonchev–Trinajstić information content (AvgIpc) is 3.19. The highest BCUT2D eigenvalue weighted by Gasteiger charge is 2.32. The molecule has 3 N–H and O–H groups in total. The molecule has 0 aliphatic carbocycles. The van der Waals surface area contributed by atoms with E-state index in [-0.39, 0.29) is 11.7 Å². The quantitative estimate of drug-likeness (QED) is 0.743. The first-order chi connectivity index (χ1) is 12.1. The molecule has 4 rings (SSSR count). The fraction of sp³-hybridized carbons (Fsp3) is 0.278. The van der Waals surface area contributed by atoms with Gasteiger partial charge in [0.15, 0.2) is 0 Å². The molecule has 3 heterocycles. The molecule has 0 radical (unpaired) electrons. The molecule has 2 aliphatic heterocycles. The number of nitrogens with zero attached hydrogens (tertiary/aromatic N) is 1. The van der Waals surface area contributed by atoms with E-state index in [1.165, 1.54) is 18.2 Å². The number of hydrogen-bond donors (Lipinski definition) is 3. The summed E-state index contributed by atoms with van der Waals surface area (Å²) >= 11 is 0. The Morgan fingerprint density at radius 3 is 2.60 bits per heavy atom. The number of hydrogen-bond acceptors (Lipinski definition) is 4. The molecule has 0 bridgehead atoms. The summed E-state index contributed by atoms with van der Waals surface area (Å²) in [6, 6.07) is 5.94. The number of rotatable bonds is 3. The van der Waals surface area contributed by atoms with Crippen LogP contribution in [0, 0.1) is 5.82 Å². The van der Waals surface area contributed by atoms with Crippen molar-refractivity contribution < 1.29 is 14.0 Å². The second kappa shape index (κ2) is 6.25. The van der Waals surface area contributed by atoms with E-state index in [1.54, 1.807) is 12.1 Å². The van der Waals surface area contributed by atoms with Crippen LogP contribution in [-0.2, 0) is 9.59 Å². The van der Waals surface area contributed by atoms with E-state index in [2.05, 4.69) is 20.8 Å². The molecular formula is C18H17FN4O2. The Morgan fingerprint density at radius 1 is 1.16 bits per heavy atom. The number of aromatic amines is 1. The zero-order valence-electron chi connectivity index (χ0n) is 13.4. The highest BCUT2D eigenvalue weighted by molar-refractivity contribution is 6.34. The largest absolute Gasteiger partial charge is 0.316 e. The van der Waals surface area contributed by atoms with Crippen LogP contribution in [0.4, 0.5) is 4.39 Å². The molecule has 7 heteroatoms. The van der Waals surface area contributed by atoms with Crippen molar-refractivity contribution in [3.8, 4) is 11.3 Å². The van der Waals surface area contributed by atoms with E-state index < -0.39 is 11.8 Å². The van der Waals surface area contributed by atoms with Gasteiger partial charge >= 0.3 is 0 Å². The SMILES string of the molecule is O=C1C=C(c2c(-c3ccc(F)cc3)n[nH]c2C2CCCNC2)C(=O)N1. The standard InChI is InChI=1S/C18H17FN4O2/c19-12-5-3-10(4-6-12)16-15(13-8-14(24)21-18(13)25)17(23-22-16)11-2-1-7-20-9-11/h3-6,8,11,20H,1-2,7,9H2,(H,22,23)(H,21,24,25). The Labute approximate surface area is 143 Å². The Bertz CT molecular complexity index is 864. The van der Waals surface area contributed by atoms with Crippen LogP contribution in [0.25, 0.3) is 16.8 Å². The third kappa shape index (κ3) is 2.87. The van der Waals surface area contributed by atoms with E-state index >= 15 is 0 Å². The molecule has 2 amide bonds. The lowest BCUT2D eigenvalue weighted by Gasteiger charge is -2.22. The van der Waals surface area contributed by atoms with Crippen molar-refractivity contribution >= 4 is 17.4 Å². The number of nitrogens with one attached hydrogen (secondary N) is 3. The number of halogens is 1. The van der Waals surface area contributed by atoms with Crippen LogP contribution in [0.5, 0.6) is 0 Å². The molecule has 1 saturated heterocycles. The van der Waals surface area contributed by atoms with Crippen molar-refractivity contribution in [3.05, 3.63) is 47.4 Å². The van der Waals surface area contributed by atoms with Gasteiger partial charge in [0.2, 0.25) is 0 Å². The van der Waals surface area contributed by atoms with E-state index in [4.69, 9.17) is 0 Å². The summed E-state index contributed by atoms with van der Waals surface area (Å²) in [4.78, 5) is 23.9. The van der Waals surface area contributed by atoms with Crippen LogP contribution < -0.4 is 10.6 Å². The first-order valence-corrected chi connectivity index (χ1v) is 8.26. The minimum Gasteiger partial charge on any atom is -0.316 e. The molecule has 128 valence electrons. The summed E-state index contributed by atoms with van der Waals surface area (Å²) in [7, 11) is 0. The molecular weight excluding hydrogens is 323 g/mol. The van der Waals surface area contributed by atoms with Gasteiger partial charge in [-0.15, -0.1) is 0 Å². The number of carbonyl (C=O) groups excluding carboxylic acids is 2. The topological polar surface area (TPSA) is 86.9 Å². The molecule has 2 aliphatic rings. The number of imide groups is 1. The second-order valence-electron chi connectivity index (χ2n) is 6.29. The summed E-state index contributed by atoms with van der Waals surface area (Å²) in [5.74, 6) is -1.03. The van der Waals surface area contributed by atoms with Crippen LogP contribution in [0.3, 0.4) is 0 Å². The van der Waals surface area contributed by atoms with E-state index in [1.807, 2.05) is 0 Å². The van der Waals surface area contributed by atoms with Crippen LogP contribution in [-0.4, -0.2) is 35.1 Å². The number of H-pyrrole nitrogens is 1. The Kier molecular flexibility index (Phi) is 3.93. The predicted molar refractivity (Wildman–Crippen MR) is 90.0 cm³/mol. The monoisotopic (exact) mass is 340 g/mol. The number of aromatic nitrogens is 2. The summed E-state index contributed by atoms with van der Waals surface area (Å²) in [5.41, 5.74) is 3.01. The van der Waals surface area contributed by atoms with Gasteiger partial charge in [-0.1, -0.05) is 0 Å². The lowest BCUT2D eigenvalue weighted by atomic mass is 9.89. The Balaban J connectivity index is 1.85. The molecule has 1 aromatic carbocycles. The fourth-order valence-electron chi connectivity index (χ4n) is 3.44. The summed E-state index contributed by atoms with van der Waals surface area (Å²) in [6.45, 7) is 1.74. The van der Waals surface area contributed by atoms with Crippen molar-refractivity contribution in [1.29, 1.82) is 0 Å². The molecule has 6 nitrogen and oxygen atoms in total. The maximum absolute atomic E-state index is 13.3. The lowest BCUT2D eigenvalue weighted by Crippen LogP contribution is -2.29. The molecule has 25 heavy (non-hydrogen) atoms. The maximum Gasteiger partial charge on any atom is 0.259 e. The molecule has 1 fully saturated rings. The number of piperidine rings is 1. The van der Waals surface area contributed by atoms with Gasteiger partial charge in [0, 0.05) is 35.4 Å². The molecule has 1 aromatic heterocycles. The molecule has 0 saturated carbocycles. The van der Waals surface area contributed by atoms with E-state index in [9.17, 15) is 14.0 Å². The highest BCUT2D eigenvalue weighted by atomic mass is 19.1. The molecule has 0 spiro atoms. The lowest BCUT2D eigenvalue weighted by molar-refractivity contribution is -0.123. The van der Waals surface area contributed by atoms with Crippen molar-refractivity contribution in [2.24, 2.45) is 0 Å². The van der Waals surface area contributed by atoms with Crippen LogP contribution in [0.15, 0.2) is 30.3 Å². The van der Waals surface area contributed by atoms with Gasteiger partial charge in [0.25, 0.3) is 11.8 Å². The molecule has 1 atom stereocenters.